The van der Waals surface area contributed by atoms with E-state index in [2.05, 4.69) is 15.6 Å². The standard InChI is InChI=1S/C37H48ClN5O10S/c38-30-8-7-26(54(50,51)43-17-15-42(16-18-43)14-13-40-36(49)41-21-31(45)34(47)35(48)32(46)22-44)19-24(30)23-52-37(10-11-37)29-20-39-12-9-27(29)28-3-1-2-4-33(28)53-25-5-6-25/h1-4,7-9,12,19-20,25,31-32,34-35,44-48H,5-6,10-11,13-18,21-23H2,(H2,40,41,49). The minimum atomic E-state index is -3.84. The Kier molecular flexibility index (Phi) is 13.1. The third-order valence-electron chi connectivity index (χ3n) is 10.0. The summed E-state index contributed by atoms with van der Waals surface area (Å²) in [4.78, 5) is 18.7. The minimum absolute atomic E-state index is 0.111. The number of hydrogen-bond donors (Lipinski definition) is 7. The molecule has 2 saturated carbocycles. The molecule has 3 aromatic rings. The summed E-state index contributed by atoms with van der Waals surface area (Å²) in [6.45, 7) is 0.928. The number of hydrogen-bond acceptors (Lipinski definition) is 12. The highest BCUT2D eigenvalue weighted by Crippen LogP contribution is 2.53. The van der Waals surface area contributed by atoms with Gasteiger partial charge in [-0.25, -0.2) is 13.2 Å². The van der Waals surface area contributed by atoms with E-state index >= 15 is 0 Å². The second-order valence-corrected chi connectivity index (χ2v) is 16.3. The zero-order chi connectivity index (χ0) is 38.5. The van der Waals surface area contributed by atoms with Crippen LogP contribution in [0.5, 0.6) is 5.75 Å². The van der Waals surface area contributed by atoms with Gasteiger partial charge in [-0.3, -0.25) is 9.88 Å². The number of nitrogens with zero attached hydrogens (tertiary/aromatic N) is 3. The molecule has 2 amide bonds. The number of amides is 2. The van der Waals surface area contributed by atoms with E-state index in [0.29, 0.717) is 30.2 Å². The predicted molar refractivity (Wildman–Crippen MR) is 198 cm³/mol. The number of pyridine rings is 1. The molecule has 4 atom stereocenters. The average Bonchev–Trinajstić information content (AvgIpc) is 4.14. The molecule has 4 unspecified atom stereocenters. The molecule has 3 aliphatic rings. The van der Waals surface area contributed by atoms with Gasteiger partial charge in [-0.1, -0.05) is 29.8 Å². The summed E-state index contributed by atoms with van der Waals surface area (Å²) in [6.07, 6.45) is 0.721. The number of sulfonamides is 1. The van der Waals surface area contributed by atoms with Crippen LogP contribution in [0.15, 0.2) is 65.8 Å². The second kappa shape index (κ2) is 17.6. The van der Waals surface area contributed by atoms with Gasteiger partial charge in [0.15, 0.2) is 0 Å². The van der Waals surface area contributed by atoms with Crippen molar-refractivity contribution in [1.29, 1.82) is 0 Å². The molecule has 1 aliphatic heterocycles. The van der Waals surface area contributed by atoms with Crippen LogP contribution in [0, 0.1) is 0 Å². The highest BCUT2D eigenvalue weighted by Gasteiger charge is 2.48. The molecule has 2 aromatic carbocycles. The molecular weight excluding hydrogens is 742 g/mol. The number of aliphatic hydroxyl groups is 5. The Morgan fingerprint density at radius 1 is 0.963 bits per heavy atom. The maximum atomic E-state index is 13.7. The van der Waals surface area contributed by atoms with Crippen molar-refractivity contribution >= 4 is 27.7 Å². The van der Waals surface area contributed by atoms with Crippen LogP contribution < -0.4 is 15.4 Å². The molecule has 7 N–H and O–H groups in total. The van der Waals surface area contributed by atoms with Gasteiger partial charge in [-0.2, -0.15) is 4.31 Å². The smallest absolute Gasteiger partial charge is 0.314 e. The number of carbonyl (C=O) groups is 1. The second-order valence-electron chi connectivity index (χ2n) is 14.0. The summed E-state index contributed by atoms with van der Waals surface area (Å²) >= 11 is 6.59. The zero-order valence-corrected chi connectivity index (χ0v) is 31.3. The molecule has 3 fully saturated rings. The molecule has 1 saturated heterocycles. The van der Waals surface area contributed by atoms with E-state index in [0.717, 1.165) is 48.1 Å². The van der Waals surface area contributed by atoms with Gasteiger partial charge in [-0.15, -0.1) is 0 Å². The quantitative estimate of drug-likeness (QED) is 0.0969. The lowest BCUT2D eigenvalue weighted by molar-refractivity contribution is -0.113. The fourth-order valence-corrected chi connectivity index (χ4v) is 8.05. The van der Waals surface area contributed by atoms with E-state index in [-0.39, 0.29) is 37.2 Å². The van der Waals surface area contributed by atoms with Gasteiger partial charge >= 0.3 is 6.03 Å². The molecule has 0 bridgehead atoms. The SMILES string of the molecule is O=C(NCCN1CCN(S(=O)(=O)c2ccc(Cl)c(COC3(c4cnccc4-c4ccccc4OC4CC4)CC3)c2)CC1)NCC(O)C(O)C(O)C(O)CO. The van der Waals surface area contributed by atoms with Gasteiger partial charge < -0.3 is 45.6 Å². The first kappa shape index (κ1) is 40.2. The Bertz CT molecular complexity index is 1860. The van der Waals surface area contributed by atoms with Gasteiger partial charge in [0.2, 0.25) is 10.0 Å². The molecule has 54 heavy (non-hydrogen) atoms. The Morgan fingerprint density at radius 2 is 1.69 bits per heavy atom. The van der Waals surface area contributed by atoms with Gasteiger partial charge in [0.25, 0.3) is 0 Å². The molecule has 0 radical (unpaired) electrons. The van der Waals surface area contributed by atoms with Crippen LogP contribution in [-0.2, 0) is 27.0 Å². The van der Waals surface area contributed by atoms with Crippen LogP contribution in [0.3, 0.4) is 0 Å². The van der Waals surface area contributed by atoms with Gasteiger partial charge in [0, 0.05) is 74.4 Å². The van der Waals surface area contributed by atoms with Crippen molar-refractivity contribution in [2.45, 2.75) is 73.3 Å². The number of urea groups is 1. The fourth-order valence-electron chi connectivity index (χ4n) is 6.41. The van der Waals surface area contributed by atoms with E-state index in [1.807, 2.05) is 41.4 Å². The zero-order valence-electron chi connectivity index (χ0n) is 29.8. The number of carbonyl (C=O) groups excluding carboxylic acids is 1. The van der Waals surface area contributed by atoms with Crippen LogP contribution in [-0.4, -0.2) is 137 Å². The molecule has 17 heteroatoms. The number of ether oxygens (including phenoxy) is 2. The Balaban J connectivity index is 0.999. The van der Waals surface area contributed by atoms with Crippen molar-refractivity contribution in [2.24, 2.45) is 0 Å². The highest BCUT2D eigenvalue weighted by atomic mass is 35.5. The van der Waals surface area contributed by atoms with Crippen molar-refractivity contribution in [2.75, 3.05) is 52.4 Å². The average molecular weight is 790 g/mol. The van der Waals surface area contributed by atoms with E-state index in [1.54, 1.807) is 18.3 Å². The highest BCUT2D eigenvalue weighted by molar-refractivity contribution is 7.89. The lowest BCUT2D eigenvalue weighted by Gasteiger charge is -2.34. The lowest BCUT2D eigenvalue weighted by Crippen LogP contribution is -2.52. The van der Waals surface area contributed by atoms with E-state index in [9.17, 15) is 33.6 Å². The molecule has 294 valence electrons. The van der Waals surface area contributed by atoms with Crippen LogP contribution in [0.4, 0.5) is 4.79 Å². The molecule has 2 heterocycles. The van der Waals surface area contributed by atoms with Gasteiger partial charge in [-0.05, 0) is 67.1 Å². The third kappa shape index (κ3) is 9.68. The number of aromatic nitrogens is 1. The van der Waals surface area contributed by atoms with Gasteiger partial charge in [0.05, 0.1) is 35.9 Å². The Labute approximate surface area is 319 Å². The summed E-state index contributed by atoms with van der Waals surface area (Å²) in [5, 5.41) is 53.2. The van der Waals surface area contributed by atoms with Crippen LogP contribution in [0.1, 0.15) is 36.8 Å². The molecule has 1 aromatic heterocycles. The molecular formula is C37H48ClN5O10S. The largest absolute Gasteiger partial charge is 0.490 e. The van der Waals surface area contributed by atoms with Crippen molar-refractivity contribution < 1.29 is 48.2 Å². The molecule has 0 spiro atoms. The maximum Gasteiger partial charge on any atom is 0.314 e. The fraction of sp³-hybridized carbons (Fsp3) is 0.514. The Hall–Kier alpha value is -3.42. The van der Waals surface area contributed by atoms with Crippen molar-refractivity contribution in [3.8, 4) is 16.9 Å². The first-order valence-corrected chi connectivity index (χ1v) is 19.9. The number of halogens is 1. The molecule has 2 aliphatic carbocycles. The normalized spacial score (nSPS) is 19.7. The number of para-hydroxylation sites is 1. The summed E-state index contributed by atoms with van der Waals surface area (Å²) in [5.74, 6) is 0.830. The summed E-state index contributed by atoms with van der Waals surface area (Å²) < 4.78 is 41.7. The van der Waals surface area contributed by atoms with Crippen molar-refractivity contribution in [1.82, 2.24) is 24.8 Å². The maximum absolute atomic E-state index is 13.7. The van der Waals surface area contributed by atoms with Crippen molar-refractivity contribution in [3.05, 3.63) is 77.1 Å². The number of aliphatic hydroxyl groups excluding tert-OH is 5. The van der Waals surface area contributed by atoms with E-state index in [4.69, 9.17) is 26.2 Å². The van der Waals surface area contributed by atoms with Crippen LogP contribution >= 0.6 is 11.6 Å². The molecule has 15 nitrogen and oxygen atoms in total. The predicted octanol–water partition coefficient (Wildman–Crippen LogP) is 1.19. The minimum Gasteiger partial charge on any atom is -0.490 e. The van der Waals surface area contributed by atoms with Crippen molar-refractivity contribution in [3.63, 3.8) is 0 Å². The number of benzene rings is 2. The topological polar surface area (TPSA) is 214 Å². The lowest BCUT2D eigenvalue weighted by atomic mass is 9.96. The summed E-state index contributed by atoms with van der Waals surface area (Å²) in [7, 11) is -3.84. The number of rotatable bonds is 18. The Morgan fingerprint density at radius 3 is 2.39 bits per heavy atom. The third-order valence-corrected chi connectivity index (χ3v) is 12.3. The summed E-state index contributed by atoms with van der Waals surface area (Å²) in [6, 6.07) is 14.0. The molecule has 6 rings (SSSR count). The van der Waals surface area contributed by atoms with E-state index < -0.39 is 59.2 Å². The van der Waals surface area contributed by atoms with Crippen LogP contribution in [0.25, 0.3) is 11.1 Å². The first-order chi connectivity index (χ1) is 25.9. The van der Waals surface area contributed by atoms with Crippen LogP contribution in [0.2, 0.25) is 5.02 Å². The summed E-state index contributed by atoms with van der Waals surface area (Å²) in [5.41, 5.74) is 2.91. The monoisotopic (exact) mass is 789 g/mol. The number of nitrogens with one attached hydrogen (secondary N) is 2. The van der Waals surface area contributed by atoms with Gasteiger partial charge in [0.1, 0.15) is 24.1 Å². The first-order valence-electron chi connectivity index (χ1n) is 18.1. The number of piperazine rings is 1. The van der Waals surface area contributed by atoms with E-state index in [1.165, 1.54) is 10.4 Å².